The van der Waals surface area contributed by atoms with E-state index < -0.39 is 5.91 Å². The lowest BCUT2D eigenvalue weighted by atomic mass is 10.1. The van der Waals surface area contributed by atoms with Gasteiger partial charge in [-0.05, 0) is 58.8 Å². The maximum atomic E-state index is 12.5. The van der Waals surface area contributed by atoms with Gasteiger partial charge in [-0.25, -0.2) is 0 Å². The number of nitrogens with one attached hydrogen (secondary N) is 1. The third-order valence-corrected chi connectivity index (χ3v) is 4.20. The van der Waals surface area contributed by atoms with Gasteiger partial charge in [0.25, 0.3) is 5.91 Å². The van der Waals surface area contributed by atoms with Crippen LogP contribution in [0.5, 0.6) is 17.2 Å². The number of hydrogen-bond acceptors (Lipinski definition) is 6. The topological polar surface area (TPSA) is 104 Å². The van der Waals surface area contributed by atoms with Crippen LogP contribution in [-0.4, -0.2) is 26.2 Å². The van der Waals surface area contributed by atoms with Crippen molar-refractivity contribution in [1.29, 1.82) is 10.5 Å². The first-order valence-corrected chi connectivity index (χ1v) is 9.35. The fraction of sp³-hybridized carbons (Fsp3) is 0.190. The Morgan fingerprint density at radius 2 is 2.03 bits per heavy atom. The Labute approximate surface area is 177 Å². The summed E-state index contributed by atoms with van der Waals surface area (Å²) in [6, 6.07) is 14.0. The lowest BCUT2D eigenvalue weighted by Gasteiger charge is -2.12. The predicted octanol–water partition coefficient (Wildman–Crippen LogP) is 4.30. The van der Waals surface area contributed by atoms with Crippen molar-refractivity contribution in [2.45, 2.75) is 6.92 Å². The van der Waals surface area contributed by atoms with Crippen LogP contribution in [0.25, 0.3) is 6.08 Å². The van der Waals surface area contributed by atoms with Crippen molar-refractivity contribution in [1.82, 2.24) is 0 Å². The van der Waals surface area contributed by atoms with Crippen LogP contribution in [0.2, 0.25) is 0 Å². The Kier molecular flexibility index (Phi) is 8.08. The Hall–Kier alpha value is -3.49. The number of amides is 1. The summed E-state index contributed by atoms with van der Waals surface area (Å²) >= 11 is 3.35. The largest absolute Gasteiger partial charge is 0.494 e. The van der Waals surface area contributed by atoms with E-state index in [1.54, 1.807) is 36.4 Å². The number of benzene rings is 2. The van der Waals surface area contributed by atoms with E-state index in [2.05, 4.69) is 21.2 Å². The van der Waals surface area contributed by atoms with Gasteiger partial charge in [-0.15, -0.1) is 0 Å². The third kappa shape index (κ3) is 6.00. The Balaban J connectivity index is 2.28. The summed E-state index contributed by atoms with van der Waals surface area (Å²) in [5, 5.41) is 20.8. The average molecular weight is 456 g/mol. The zero-order valence-corrected chi connectivity index (χ0v) is 17.4. The van der Waals surface area contributed by atoms with Gasteiger partial charge in [0.15, 0.2) is 18.1 Å². The summed E-state index contributed by atoms with van der Waals surface area (Å²) in [5.41, 5.74) is 0.973. The summed E-state index contributed by atoms with van der Waals surface area (Å²) in [7, 11) is 1.46. The van der Waals surface area contributed by atoms with E-state index in [1.165, 1.54) is 13.2 Å². The first-order valence-electron chi connectivity index (χ1n) is 8.55. The van der Waals surface area contributed by atoms with Crippen molar-refractivity contribution >= 4 is 33.6 Å². The summed E-state index contributed by atoms with van der Waals surface area (Å²) in [6.07, 6.45) is 1.43. The summed E-state index contributed by atoms with van der Waals surface area (Å²) in [4.78, 5) is 12.5. The van der Waals surface area contributed by atoms with Crippen molar-refractivity contribution in [3.05, 3.63) is 52.0 Å². The second-order valence-corrected chi connectivity index (χ2v) is 6.42. The molecule has 0 heterocycles. The molecule has 0 saturated heterocycles. The van der Waals surface area contributed by atoms with E-state index in [4.69, 9.17) is 19.5 Å². The maximum Gasteiger partial charge on any atom is 0.266 e. The molecule has 1 amide bonds. The highest BCUT2D eigenvalue weighted by Crippen LogP contribution is 2.37. The molecule has 0 radical (unpaired) electrons. The molecule has 0 aliphatic rings. The van der Waals surface area contributed by atoms with Crippen molar-refractivity contribution in [3.8, 4) is 29.4 Å². The van der Waals surface area contributed by atoms with Crippen molar-refractivity contribution in [3.63, 3.8) is 0 Å². The van der Waals surface area contributed by atoms with Crippen molar-refractivity contribution < 1.29 is 19.0 Å². The second-order valence-electron chi connectivity index (χ2n) is 5.57. The van der Waals surface area contributed by atoms with E-state index >= 15 is 0 Å². The number of anilines is 1. The number of carbonyl (C=O) groups excluding carboxylic acids is 1. The number of halogens is 1. The Bertz CT molecular complexity index is 1010. The van der Waals surface area contributed by atoms with Crippen molar-refractivity contribution in [2.24, 2.45) is 0 Å². The highest BCUT2D eigenvalue weighted by Gasteiger charge is 2.14. The van der Waals surface area contributed by atoms with Gasteiger partial charge in [0.05, 0.1) is 18.2 Å². The molecule has 29 heavy (non-hydrogen) atoms. The van der Waals surface area contributed by atoms with Crippen molar-refractivity contribution in [2.75, 3.05) is 25.6 Å². The standard InChI is InChI=1S/C21H18BrN3O4/c1-3-28-17-6-4-5-16(12-17)25-21(26)15(13-24)9-14-10-18(22)20(29-8-7-23)19(11-14)27-2/h4-6,9-12H,3,8H2,1-2H3,(H,25,26)/b15-9-. The average Bonchev–Trinajstić information content (AvgIpc) is 2.71. The monoisotopic (exact) mass is 455 g/mol. The van der Waals surface area contributed by atoms with Crippen LogP contribution in [0, 0.1) is 22.7 Å². The molecular weight excluding hydrogens is 438 g/mol. The molecule has 0 aliphatic heterocycles. The highest BCUT2D eigenvalue weighted by molar-refractivity contribution is 9.10. The summed E-state index contributed by atoms with van der Waals surface area (Å²) in [5.74, 6) is 0.792. The Morgan fingerprint density at radius 1 is 1.24 bits per heavy atom. The molecule has 0 aliphatic carbocycles. The van der Waals surface area contributed by atoms with E-state index in [-0.39, 0.29) is 12.2 Å². The minimum absolute atomic E-state index is 0.0912. The minimum Gasteiger partial charge on any atom is -0.494 e. The molecule has 0 fully saturated rings. The number of ether oxygens (including phenoxy) is 3. The zero-order chi connectivity index (χ0) is 21.2. The van der Waals surface area contributed by atoms with Crippen LogP contribution < -0.4 is 19.5 Å². The maximum absolute atomic E-state index is 12.5. The molecule has 1 N–H and O–H groups in total. The van der Waals surface area contributed by atoms with Crippen LogP contribution in [0.3, 0.4) is 0 Å². The van der Waals surface area contributed by atoms with Gasteiger partial charge >= 0.3 is 0 Å². The molecule has 0 spiro atoms. The number of nitriles is 2. The van der Waals surface area contributed by atoms with Crippen LogP contribution in [0.1, 0.15) is 12.5 Å². The van der Waals surface area contributed by atoms with Crippen LogP contribution >= 0.6 is 15.9 Å². The van der Waals surface area contributed by atoms with E-state index in [1.807, 2.05) is 19.1 Å². The molecule has 0 saturated carbocycles. The first-order chi connectivity index (χ1) is 14.0. The third-order valence-electron chi connectivity index (χ3n) is 3.61. The molecular formula is C21H18BrN3O4. The van der Waals surface area contributed by atoms with Gasteiger partial charge in [0, 0.05) is 11.8 Å². The second kappa shape index (κ2) is 10.7. The molecule has 8 heteroatoms. The van der Waals surface area contributed by atoms with Gasteiger partial charge in [0.1, 0.15) is 23.5 Å². The highest BCUT2D eigenvalue weighted by atomic mass is 79.9. The molecule has 0 atom stereocenters. The zero-order valence-electron chi connectivity index (χ0n) is 15.9. The summed E-state index contributed by atoms with van der Waals surface area (Å²) in [6.45, 7) is 2.23. The van der Waals surface area contributed by atoms with Gasteiger partial charge in [-0.2, -0.15) is 10.5 Å². The fourth-order valence-electron chi connectivity index (χ4n) is 2.41. The van der Waals surface area contributed by atoms with E-state index in [0.717, 1.165) is 0 Å². The van der Waals surface area contributed by atoms with Crippen LogP contribution in [-0.2, 0) is 4.79 Å². The van der Waals surface area contributed by atoms with E-state index in [0.29, 0.717) is 39.6 Å². The SMILES string of the molecule is CCOc1cccc(NC(=O)/C(C#N)=C\c2cc(Br)c(OCC#N)c(OC)c2)c1. The number of rotatable bonds is 8. The molecule has 0 aromatic heterocycles. The molecule has 0 bridgehead atoms. The van der Waals surface area contributed by atoms with Gasteiger partial charge in [-0.3, -0.25) is 4.79 Å². The molecule has 2 rings (SSSR count). The quantitative estimate of drug-likeness (QED) is 0.469. The number of hydrogen-bond donors (Lipinski definition) is 1. The minimum atomic E-state index is -0.555. The Morgan fingerprint density at radius 3 is 2.69 bits per heavy atom. The van der Waals surface area contributed by atoms with Gasteiger partial charge in [-0.1, -0.05) is 6.07 Å². The molecule has 2 aromatic carbocycles. The molecule has 148 valence electrons. The van der Waals surface area contributed by atoms with Crippen LogP contribution in [0.4, 0.5) is 5.69 Å². The van der Waals surface area contributed by atoms with Crippen LogP contribution in [0.15, 0.2) is 46.4 Å². The smallest absolute Gasteiger partial charge is 0.266 e. The number of nitrogens with zero attached hydrogens (tertiary/aromatic N) is 2. The van der Waals surface area contributed by atoms with Gasteiger partial charge < -0.3 is 19.5 Å². The molecule has 0 unspecified atom stereocenters. The number of carbonyl (C=O) groups is 1. The fourth-order valence-corrected chi connectivity index (χ4v) is 2.99. The predicted molar refractivity (Wildman–Crippen MR) is 112 cm³/mol. The lowest BCUT2D eigenvalue weighted by Crippen LogP contribution is -2.13. The molecule has 2 aromatic rings. The van der Waals surface area contributed by atoms with Gasteiger partial charge in [0.2, 0.25) is 0 Å². The lowest BCUT2D eigenvalue weighted by molar-refractivity contribution is -0.112. The normalized spacial score (nSPS) is 10.4. The number of methoxy groups -OCH3 is 1. The molecule has 7 nitrogen and oxygen atoms in total. The first kappa shape index (κ1) is 21.8. The summed E-state index contributed by atoms with van der Waals surface area (Å²) < 4.78 is 16.6. The van der Waals surface area contributed by atoms with E-state index in [9.17, 15) is 10.1 Å².